The second-order valence-electron chi connectivity index (χ2n) is 11.2. The van der Waals surface area contributed by atoms with Crippen molar-refractivity contribution in [2.24, 2.45) is 0 Å². The van der Waals surface area contributed by atoms with Crippen molar-refractivity contribution in [1.29, 1.82) is 5.26 Å². The molecular weight excluding hydrogens is 561 g/mol. The Bertz CT molecular complexity index is 1790. The van der Waals surface area contributed by atoms with Crippen molar-refractivity contribution in [1.82, 2.24) is 29.7 Å². The Labute approximate surface area is 253 Å². The van der Waals surface area contributed by atoms with Crippen LogP contribution in [-0.2, 0) is 6.42 Å². The summed E-state index contributed by atoms with van der Waals surface area (Å²) in [5, 5.41) is 14.2. The summed E-state index contributed by atoms with van der Waals surface area (Å²) >= 11 is 1.30. The van der Waals surface area contributed by atoms with E-state index in [4.69, 9.17) is 19.9 Å². The quantitative estimate of drug-likeness (QED) is 0.235. The minimum atomic E-state index is -0.328. The summed E-state index contributed by atoms with van der Waals surface area (Å²) in [7, 11) is 1.94. The zero-order chi connectivity index (χ0) is 29.5. The molecule has 2 aliphatic rings. The number of rotatable bonds is 8. The van der Waals surface area contributed by atoms with Crippen molar-refractivity contribution in [2.75, 3.05) is 29.9 Å². The van der Waals surface area contributed by atoms with E-state index >= 15 is 0 Å². The van der Waals surface area contributed by atoms with Gasteiger partial charge in [-0.3, -0.25) is 4.40 Å². The van der Waals surface area contributed by atoms with Crippen LogP contribution in [-0.4, -0.2) is 56.6 Å². The number of thiazole rings is 1. The van der Waals surface area contributed by atoms with Crippen LogP contribution in [0.3, 0.4) is 0 Å². The normalized spacial score (nSPS) is 15.6. The fraction of sp³-hybridized carbons (Fsp3) is 0.344. The van der Waals surface area contributed by atoms with Crippen LogP contribution in [0.5, 0.6) is 0 Å². The van der Waals surface area contributed by atoms with Crippen molar-refractivity contribution in [3.63, 3.8) is 0 Å². The van der Waals surface area contributed by atoms with E-state index in [2.05, 4.69) is 33.8 Å². The summed E-state index contributed by atoms with van der Waals surface area (Å²) in [4.78, 5) is 23.9. The number of pyridine rings is 1. The predicted octanol–water partition coefficient (Wildman–Crippen LogP) is 5.98. The van der Waals surface area contributed by atoms with E-state index in [0.717, 1.165) is 72.6 Å². The van der Waals surface area contributed by atoms with E-state index in [-0.39, 0.29) is 5.82 Å². The third-order valence-electron chi connectivity index (χ3n) is 8.24. The molecule has 11 heteroatoms. The van der Waals surface area contributed by atoms with E-state index in [1.807, 2.05) is 36.5 Å². The van der Waals surface area contributed by atoms with Crippen LogP contribution in [0, 0.1) is 17.1 Å². The molecule has 0 atom stereocenters. The molecule has 1 saturated heterocycles. The minimum Gasteiger partial charge on any atom is -0.341 e. The van der Waals surface area contributed by atoms with Crippen LogP contribution in [0.15, 0.2) is 55.0 Å². The second kappa shape index (κ2) is 11.4. The number of aryl methyl sites for hydroxylation is 1. The zero-order valence-electron chi connectivity index (χ0n) is 24.2. The van der Waals surface area contributed by atoms with Crippen LogP contribution < -0.4 is 15.1 Å². The van der Waals surface area contributed by atoms with Gasteiger partial charge >= 0.3 is 0 Å². The average Bonchev–Trinajstić information content (AvgIpc) is 3.62. The van der Waals surface area contributed by atoms with Gasteiger partial charge in [-0.1, -0.05) is 18.3 Å². The Morgan fingerprint density at radius 3 is 2.35 bits per heavy atom. The van der Waals surface area contributed by atoms with Gasteiger partial charge in [-0.2, -0.15) is 5.26 Å². The van der Waals surface area contributed by atoms with Gasteiger partial charge in [-0.25, -0.2) is 24.3 Å². The molecule has 4 aromatic heterocycles. The number of anilines is 3. The molecule has 0 spiro atoms. The summed E-state index contributed by atoms with van der Waals surface area (Å²) in [6, 6.07) is 13.7. The number of benzene rings is 1. The Morgan fingerprint density at radius 2 is 1.67 bits per heavy atom. The van der Waals surface area contributed by atoms with Gasteiger partial charge in [0.05, 0.1) is 5.69 Å². The lowest BCUT2D eigenvalue weighted by Gasteiger charge is -2.32. The molecule has 43 heavy (non-hydrogen) atoms. The fourth-order valence-corrected chi connectivity index (χ4v) is 6.58. The van der Waals surface area contributed by atoms with Gasteiger partial charge in [-0.15, -0.1) is 0 Å². The highest BCUT2D eigenvalue weighted by atomic mass is 32.1. The number of nitriles is 1. The number of piperidine rings is 1. The molecule has 5 heterocycles. The standard InChI is InChI=1S/C32H32FN9S/c1-3-26-30(40(2)32-39-29(27(16-34)43-32)20-4-7-23(33)8-5-20)42-19-21(6-11-28(42)38-26)22-17-35-31(36-18-22)41-14-12-25(13-15-41)37-24-9-10-24/h4-8,11,17-19,24-25,37H,3,9-10,12-15H2,1-2H3. The van der Waals surface area contributed by atoms with Crippen molar-refractivity contribution < 1.29 is 4.39 Å². The molecule has 1 N–H and O–H groups in total. The summed E-state index contributed by atoms with van der Waals surface area (Å²) < 4.78 is 15.6. The summed E-state index contributed by atoms with van der Waals surface area (Å²) in [6.07, 6.45) is 11.5. The fourth-order valence-electron chi connectivity index (χ4n) is 5.73. The number of hydrogen-bond donors (Lipinski definition) is 1. The first-order valence-corrected chi connectivity index (χ1v) is 15.6. The van der Waals surface area contributed by atoms with Crippen LogP contribution in [0.25, 0.3) is 28.0 Å². The topological polar surface area (TPSA) is 98.3 Å². The van der Waals surface area contributed by atoms with Crippen LogP contribution in [0.1, 0.15) is 43.2 Å². The molecule has 0 bridgehead atoms. The Hall–Kier alpha value is -4.40. The summed E-state index contributed by atoms with van der Waals surface area (Å²) in [6.45, 7) is 4.00. The Kier molecular flexibility index (Phi) is 7.24. The van der Waals surface area contributed by atoms with E-state index in [1.54, 1.807) is 12.1 Å². The maximum absolute atomic E-state index is 13.5. The van der Waals surface area contributed by atoms with Gasteiger partial charge in [0.2, 0.25) is 5.95 Å². The number of fused-ring (bicyclic) bond motifs is 1. The Balaban J connectivity index is 1.16. The number of aromatic nitrogens is 5. The lowest BCUT2D eigenvalue weighted by molar-refractivity contribution is 0.410. The average molecular weight is 594 g/mol. The molecule has 9 nitrogen and oxygen atoms in total. The molecule has 5 aromatic rings. The van der Waals surface area contributed by atoms with E-state index in [9.17, 15) is 9.65 Å². The number of hydrogen-bond acceptors (Lipinski definition) is 9. The molecule has 2 fully saturated rings. The molecule has 1 saturated carbocycles. The monoisotopic (exact) mass is 593 g/mol. The first-order valence-electron chi connectivity index (χ1n) is 14.8. The van der Waals surface area contributed by atoms with Crippen molar-refractivity contribution in [2.45, 2.75) is 51.1 Å². The molecule has 1 aliphatic heterocycles. The number of imidazole rings is 1. The molecular formula is C32H32FN9S. The lowest BCUT2D eigenvalue weighted by Crippen LogP contribution is -2.43. The van der Waals surface area contributed by atoms with Gasteiger partial charge in [0.15, 0.2) is 5.13 Å². The van der Waals surface area contributed by atoms with Crippen LogP contribution in [0.2, 0.25) is 0 Å². The third-order valence-corrected chi connectivity index (χ3v) is 9.27. The van der Waals surface area contributed by atoms with Gasteiger partial charge < -0.3 is 15.1 Å². The summed E-state index contributed by atoms with van der Waals surface area (Å²) in [5.41, 5.74) is 4.89. The number of nitrogens with zero attached hydrogens (tertiary/aromatic N) is 8. The zero-order valence-corrected chi connectivity index (χ0v) is 25.0. The molecule has 7 rings (SSSR count). The maximum atomic E-state index is 13.5. The smallest absolute Gasteiger partial charge is 0.225 e. The van der Waals surface area contributed by atoms with E-state index in [0.29, 0.717) is 27.3 Å². The first kappa shape index (κ1) is 27.4. The van der Waals surface area contributed by atoms with Crippen molar-refractivity contribution >= 4 is 33.9 Å². The highest BCUT2D eigenvalue weighted by Gasteiger charge is 2.28. The van der Waals surface area contributed by atoms with Crippen molar-refractivity contribution in [3.05, 3.63) is 71.4 Å². The van der Waals surface area contributed by atoms with Gasteiger partial charge in [-0.05, 0) is 68.5 Å². The highest BCUT2D eigenvalue weighted by Crippen LogP contribution is 2.37. The molecule has 0 amide bonds. The maximum Gasteiger partial charge on any atom is 0.225 e. The van der Waals surface area contributed by atoms with Crippen LogP contribution in [0.4, 0.5) is 21.3 Å². The molecule has 0 radical (unpaired) electrons. The largest absolute Gasteiger partial charge is 0.341 e. The minimum absolute atomic E-state index is 0.328. The van der Waals surface area contributed by atoms with Gasteiger partial charge in [0.25, 0.3) is 0 Å². The summed E-state index contributed by atoms with van der Waals surface area (Å²) in [5.74, 6) is 1.33. The van der Waals surface area contributed by atoms with E-state index in [1.165, 1.54) is 36.3 Å². The SMILES string of the molecule is CCc1nc2ccc(-c3cnc(N4CCC(NC5CC5)CC4)nc3)cn2c1N(C)c1nc(-c2ccc(F)cc2)c(C#N)s1. The lowest BCUT2D eigenvalue weighted by atomic mass is 10.1. The number of halogens is 1. The molecule has 1 aliphatic carbocycles. The third kappa shape index (κ3) is 5.44. The van der Waals surface area contributed by atoms with Gasteiger partial charge in [0.1, 0.15) is 33.9 Å². The number of nitrogens with one attached hydrogen (secondary N) is 1. The molecule has 1 aromatic carbocycles. The molecule has 0 unspecified atom stereocenters. The molecule has 218 valence electrons. The second-order valence-corrected chi connectivity index (χ2v) is 12.2. The van der Waals surface area contributed by atoms with Crippen molar-refractivity contribution in [3.8, 4) is 28.5 Å². The predicted molar refractivity (Wildman–Crippen MR) is 167 cm³/mol. The van der Waals surface area contributed by atoms with Crippen LogP contribution >= 0.6 is 11.3 Å². The van der Waals surface area contributed by atoms with Gasteiger partial charge in [0, 0.05) is 67.5 Å². The highest BCUT2D eigenvalue weighted by molar-refractivity contribution is 7.16. The first-order chi connectivity index (χ1) is 21.0. The Morgan fingerprint density at radius 1 is 0.977 bits per heavy atom. The van der Waals surface area contributed by atoms with E-state index < -0.39 is 0 Å².